The first-order valence-electron chi connectivity index (χ1n) is 8.65. The average molecular weight is 385 g/mol. The van der Waals surface area contributed by atoms with Gasteiger partial charge in [-0.2, -0.15) is 0 Å². The van der Waals surface area contributed by atoms with Gasteiger partial charge in [-0.1, -0.05) is 43.8 Å². The number of benzene rings is 1. The number of para-hydroxylation sites is 1. The van der Waals surface area contributed by atoms with E-state index in [0.717, 1.165) is 22.4 Å². The van der Waals surface area contributed by atoms with Gasteiger partial charge < -0.3 is 15.6 Å². The van der Waals surface area contributed by atoms with E-state index in [0.29, 0.717) is 22.7 Å². The van der Waals surface area contributed by atoms with Gasteiger partial charge in [-0.05, 0) is 37.0 Å². The molecule has 0 radical (unpaired) electrons. The number of carbonyl (C=O) groups excluding carboxylic acids is 1. The van der Waals surface area contributed by atoms with E-state index in [1.54, 1.807) is 12.3 Å². The maximum Gasteiger partial charge on any atom is 0.234 e. The van der Waals surface area contributed by atoms with Crippen LogP contribution in [0, 0.1) is 13.8 Å². The Bertz CT molecular complexity index is 961. The molecule has 3 N–H and O–H groups in total. The standard InChI is InChI=1S/C19H23N5O2S/c1-11(2)14-7-5-6-12(3)17(14)21-16(25)10-27-19-23-22-18(24(19)20)15-8-9-26-13(15)4/h5-9,11H,10,20H2,1-4H3,(H,21,25). The lowest BCUT2D eigenvalue weighted by Gasteiger charge is -2.16. The molecule has 27 heavy (non-hydrogen) atoms. The van der Waals surface area contributed by atoms with E-state index in [-0.39, 0.29) is 11.7 Å². The van der Waals surface area contributed by atoms with Gasteiger partial charge in [0.2, 0.25) is 11.1 Å². The summed E-state index contributed by atoms with van der Waals surface area (Å²) in [7, 11) is 0. The summed E-state index contributed by atoms with van der Waals surface area (Å²) in [6.07, 6.45) is 1.58. The highest BCUT2D eigenvalue weighted by atomic mass is 32.2. The van der Waals surface area contributed by atoms with Crippen LogP contribution < -0.4 is 11.2 Å². The number of nitrogens with one attached hydrogen (secondary N) is 1. The lowest BCUT2D eigenvalue weighted by atomic mass is 9.98. The van der Waals surface area contributed by atoms with Gasteiger partial charge in [0, 0.05) is 5.69 Å². The third-order valence-corrected chi connectivity index (χ3v) is 5.23. The van der Waals surface area contributed by atoms with E-state index in [1.807, 2.05) is 32.0 Å². The summed E-state index contributed by atoms with van der Waals surface area (Å²) in [6, 6.07) is 7.82. The third kappa shape index (κ3) is 4.00. The first kappa shape index (κ1) is 19.0. The Kier molecular flexibility index (Phi) is 5.55. The zero-order chi connectivity index (χ0) is 19.6. The van der Waals surface area contributed by atoms with Gasteiger partial charge in [0.25, 0.3) is 0 Å². The minimum atomic E-state index is -0.111. The van der Waals surface area contributed by atoms with Crippen molar-refractivity contribution in [1.82, 2.24) is 14.9 Å². The van der Waals surface area contributed by atoms with Gasteiger partial charge in [0.05, 0.1) is 17.6 Å². The molecule has 1 aromatic carbocycles. The first-order valence-corrected chi connectivity index (χ1v) is 9.64. The van der Waals surface area contributed by atoms with E-state index in [9.17, 15) is 4.79 Å². The number of hydrogen-bond donors (Lipinski definition) is 2. The molecule has 0 saturated carbocycles. The summed E-state index contributed by atoms with van der Waals surface area (Å²) < 4.78 is 6.66. The van der Waals surface area contributed by atoms with Crippen molar-refractivity contribution in [3.05, 3.63) is 47.4 Å². The number of nitrogens with two attached hydrogens (primary N) is 1. The van der Waals surface area contributed by atoms with Crippen LogP contribution in [0.15, 0.2) is 40.1 Å². The number of carbonyl (C=O) groups is 1. The molecule has 0 aliphatic heterocycles. The van der Waals surface area contributed by atoms with Crippen LogP contribution in [0.2, 0.25) is 0 Å². The van der Waals surface area contributed by atoms with Crippen LogP contribution >= 0.6 is 11.8 Å². The molecular weight excluding hydrogens is 362 g/mol. The number of anilines is 1. The zero-order valence-corrected chi connectivity index (χ0v) is 16.6. The van der Waals surface area contributed by atoms with Crippen molar-refractivity contribution in [2.24, 2.45) is 0 Å². The smallest absolute Gasteiger partial charge is 0.234 e. The van der Waals surface area contributed by atoms with Crippen molar-refractivity contribution >= 4 is 23.4 Å². The van der Waals surface area contributed by atoms with Gasteiger partial charge in [0.1, 0.15) is 5.76 Å². The molecule has 0 fully saturated rings. The average Bonchev–Trinajstić information content (AvgIpc) is 3.20. The second-order valence-electron chi connectivity index (χ2n) is 6.60. The Hall–Kier alpha value is -2.74. The number of nitrogens with zero attached hydrogens (tertiary/aromatic N) is 3. The fourth-order valence-electron chi connectivity index (χ4n) is 2.82. The molecule has 3 rings (SSSR count). The molecule has 0 spiro atoms. The summed E-state index contributed by atoms with van der Waals surface area (Å²) >= 11 is 1.24. The number of thioether (sulfide) groups is 1. The third-order valence-electron chi connectivity index (χ3n) is 4.29. The van der Waals surface area contributed by atoms with Gasteiger partial charge in [-0.15, -0.1) is 10.2 Å². The second kappa shape index (κ2) is 7.87. The van der Waals surface area contributed by atoms with Gasteiger partial charge in [-0.3, -0.25) is 4.79 Å². The van der Waals surface area contributed by atoms with Crippen LogP contribution in [0.4, 0.5) is 5.69 Å². The topological polar surface area (TPSA) is 99.0 Å². The number of aromatic nitrogens is 3. The van der Waals surface area contributed by atoms with Crippen LogP contribution in [0.3, 0.4) is 0 Å². The first-order chi connectivity index (χ1) is 12.9. The number of amides is 1. The molecule has 142 valence electrons. The van der Waals surface area contributed by atoms with Gasteiger partial charge in [0.15, 0.2) is 5.82 Å². The van der Waals surface area contributed by atoms with E-state index < -0.39 is 0 Å². The number of rotatable bonds is 6. The Morgan fingerprint density at radius 2 is 2.07 bits per heavy atom. The molecule has 0 saturated heterocycles. The molecule has 1 amide bonds. The molecule has 3 aromatic rings. The predicted octanol–water partition coefficient (Wildman–Crippen LogP) is 3.72. The number of furan rings is 1. The van der Waals surface area contributed by atoms with Gasteiger partial charge in [-0.25, -0.2) is 4.68 Å². The lowest BCUT2D eigenvalue weighted by Crippen LogP contribution is -2.18. The van der Waals surface area contributed by atoms with E-state index in [4.69, 9.17) is 10.3 Å². The monoisotopic (exact) mass is 385 g/mol. The second-order valence-corrected chi connectivity index (χ2v) is 7.54. The van der Waals surface area contributed by atoms with Crippen molar-refractivity contribution in [2.75, 3.05) is 16.9 Å². The highest BCUT2D eigenvalue weighted by Gasteiger charge is 2.17. The minimum Gasteiger partial charge on any atom is -0.469 e. The van der Waals surface area contributed by atoms with Crippen LogP contribution in [0.25, 0.3) is 11.4 Å². The molecule has 0 aliphatic rings. The molecule has 0 unspecified atom stereocenters. The fraction of sp³-hybridized carbons (Fsp3) is 0.316. The summed E-state index contributed by atoms with van der Waals surface area (Å²) in [5.74, 6) is 7.70. The molecule has 2 heterocycles. The van der Waals surface area contributed by atoms with Crippen molar-refractivity contribution in [2.45, 2.75) is 38.8 Å². The highest BCUT2D eigenvalue weighted by molar-refractivity contribution is 7.99. The highest BCUT2D eigenvalue weighted by Crippen LogP contribution is 2.28. The summed E-state index contributed by atoms with van der Waals surface area (Å²) in [4.78, 5) is 12.5. The maximum atomic E-state index is 12.5. The summed E-state index contributed by atoms with van der Waals surface area (Å²) in [5, 5.41) is 11.7. The fourth-order valence-corrected chi connectivity index (χ4v) is 3.48. The number of hydrogen-bond acceptors (Lipinski definition) is 6. The Balaban J connectivity index is 1.69. The van der Waals surface area contributed by atoms with Crippen molar-refractivity contribution in [1.29, 1.82) is 0 Å². The van der Waals surface area contributed by atoms with Crippen molar-refractivity contribution in [3.63, 3.8) is 0 Å². The van der Waals surface area contributed by atoms with E-state index in [2.05, 4.69) is 29.4 Å². The SMILES string of the molecule is Cc1cccc(C(C)C)c1NC(=O)CSc1nnc(-c2ccoc2C)n1N. The minimum absolute atomic E-state index is 0.111. The quantitative estimate of drug-likeness (QED) is 0.495. The number of nitrogen functional groups attached to an aromatic ring is 1. The number of aryl methyl sites for hydroxylation is 2. The summed E-state index contributed by atoms with van der Waals surface area (Å²) in [5.41, 5.74) is 3.82. The van der Waals surface area contributed by atoms with Gasteiger partial charge >= 0.3 is 0 Å². The molecule has 0 bridgehead atoms. The molecule has 7 nitrogen and oxygen atoms in total. The van der Waals surface area contributed by atoms with Crippen LogP contribution in [0.1, 0.15) is 36.7 Å². The van der Waals surface area contributed by atoms with E-state index >= 15 is 0 Å². The molecule has 2 aromatic heterocycles. The van der Waals surface area contributed by atoms with Crippen LogP contribution in [-0.4, -0.2) is 26.5 Å². The molecule has 8 heteroatoms. The molecule has 0 aliphatic carbocycles. The Labute approximate surface area is 162 Å². The summed E-state index contributed by atoms with van der Waals surface area (Å²) in [6.45, 7) is 8.04. The van der Waals surface area contributed by atoms with Crippen molar-refractivity contribution < 1.29 is 9.21 Å². The normalized spacial score (nSPS) is 11.1. The largest absolute Gasteiger partial charge is 0.469 e. The zero-order valence-electron chi connectivity index (χ0n) is 15.8. The van der Waals surface area contributed by atoms with E-state index in [1.165, 1.54) is 16.4 Å². The lowest BCUT2D eigenvalue weighted by molar-refractivity contribution is -0.113. The Morgan fingerprint density at radius 1 is 1.30 bits per heavy atom. The molecular formula is C19H23N5O2S. The maximum absolute atomic E-state index is 12.5. The van der Waals surface area contributed by atoms with Crippen LogP contribution in [-0.2, 0) is 4.79 Å². The predicted molar refractivity (Wildman–Crippen MR) is 107 cm³/mol. The molecule has 0 atom stereocenters. The Morgan fingerprint density at radius 3 is 2.74 bits per heavy atom. The van der Waals surface area contributed by atoms with Crippen LogP contribution in [0.5, 0.6) is 0 Å². The van der Waals surface area contributed by atoms with Crippen molar-refractivity contribution in [3.8, 4) is 11.4 Å².